The van der Waals surface area contributed by atoms with Gasteiger partial charge in [-0.05, 0) is 63.1 Å². The summed E-state index contributed by atoms with van der Waals surface area (Å²) in [5, 5.41) is 3.55. The Morgan fingerprint density at radius 2 is 1.79 bits per heavy atom. The van der Waals surface area contributed by atoms with Crippen LogP contribution >= 0.6 is 11.6 Å². The molecule has 0 aliphatic carbocycles. The largest absolute Gasteiger partial charge is 0.478 e. The summed E-state index contributed by atoms with van der Waals surface area (Å²) in [5.74, 6) is 0.169. The Kier molecular flexibility index (Phi) is 6.25. The van der Waals surface area contributed by atoms with Crippen molar-refractivity contribution < 1.29 is 14.3 Å². The van der Waals surface area contributed by atoms with Crippen LogP contribution in [0.4, 0.5) is 5.69 Å². The Morgan fingerprint density at radius 1 is 1.11 bits per heavy atom. The standard InChI is InChI=1S/C22H25ClN2O3/c1-22(2,28-19-12-10-17(23)11-13-19)21(27)25-14-6-7-16(15-25)20(26)24-18-8-4-3-5-9-18/h3-5,8-13,16H,6-7,14-15H2,1-2H3,(H,24,26)/t16-/m0/s1. The van der Waals surface area contributed by atoms with Crippen molar-refractivity contribution in [1.82, 2.24) is 4.90 Å². The minimum Gasteiger partial charge on any atom is -0.478 e. The number of hydrogen-bond donors (Lipinski definition) is 1. The van der Waals surface area contributed by atoms with Gasteiger partial charge >= 0.3 is 0 Å². The molecule has 0 saturated carbocycles. The third-order valence-electron chi connectivity index (χ3n) is 4.82. The van der Waals surface area contributed by atoms with Gasteiger partial charge in [0.25, 0.3) is 5.91 Å². The zero-order valence-electron chi connectivity index (χ0n) is 16.2. The molecule has 0 bridgehead atoms. The van der Waals surface area contributed by atoms with Crippen molar-refractivity contribution in [2.45, 2.75) is 32.3 Å². The first kappa shape index (κ1) is 20.2. The molecule has 5 nitrogen and oxygen atoms in total. The molecular formula is C22H25ClN2O3. The monoisotopic (exact) mass is 400 g/mol. The first-order valence-corrected chi connectivity index (χ1v) is 9.83. The van der Waals surface area contributed by atoms with Crippen molar-refractivity contribution in [3.05, 3.63) is 59.6 Å². The quantitative estimate of drug-likeness (QED) is 0.810. The number of amides is 2. The Morgan fingerprint density at radius 3 is 2.46 bits per heavy atom. The summed E-state index contributed by atoms with van der Waals surface area (Å²) < 4.78 is 5.91. The van der Waals surface area contributed by atoms with E-state index < -0.39 is 5.60 Å². The first-order valence-electron chi connectivity index (χ1n) is 9.45. The lowest BCUT2D eigenvalue weighted by atomic mass is 9.95. The lowest BCUT2D eigenvalue weighted by Crippen LogP contribution is -2.53. The fourth-order valence-corrected chi connectivity index (χ4v) is 3.49. The fraction of sp³-hybridized carbons (Fsp3) is 0.364. The van der Waals surface area contributed by atoms with Crippen LogP contribution < -0.4 is 10.1 Å². The molecular weight excluding hydrogens is 376 g/mol. The molecule has 1 N–H and O–H groups in total. The van der Waals surface area contributed by atoms with Crippen molar-refractivity contribution in [3.63, 3.8) is 0 Å². The van der Waals surface area contributed by atoms with Crippen LogP contribution in [0.1, 0.15) is 26.7 Å². The summed E-state index contributed by atoms with van der Waals surface area (Å²) in [6.45, 7) is 4.52. The number of carbonyl (C=O) groups excluding carboxylic acids is 2. The lowest BCUT2D eigenvalue weighted by Gasteiger charge is -2.37. The number of carbonyl (C=O) groups is 2. The molecule has 28 heavy (non-hydrogen) atoms. The number of anilines is 1. The van der Waals surface area contributed by atoms with Gasteiger partial charge in [-0.1, -0.05) is 29.8 Å². The van der Waals surface area contributed by atoms with E-state index in [0.29, 0.717) is 23.9 Å². The molecule has 0 aromatic heterocycles. The van der Waals surface area contributed by atoms with Crippen LogP contribution in [-0.4, -0.2) is 35.4 Å². The average molecular weight is 401 g/mol. The normalized spacial score (nSPS) is 17.1. The maximum absolute atomic E-state index is 13.1. The van der Waals surface area contributed by atoms with E-state index in [1.807, 2.05) is 30.3 Å². The van der Waals surface area contributed by atoms with Gasteiger partial charge in [-0.3, -0.25) is 9.59 Å². The molecule has 2 amide bonds. The summed E-state index contributed by atoms with van der Waals surface area (Å²) in [4.78, 5) is 27.4. The van der Waals surface area contributed by atoms with E-state index in [9.17, 15) is 9.59 Å². The SMILES string of the molecule is CC(C)(Oc1ccc(Cl)cc1)C(=O)N1CCC[C@H](C(=O)Nc2ccccc2)C1. The number of nitrogens with one attached hydrogen (secondary N) is 1. The smallest absolute Gasteiger partial charge is 0.266 e. The Bertz CT molecular complexity index is 821. The minimum absolute atomic E-state index is 0.0554. The Balaban J connectivity index is 1.62. The molecule has 1 atom stereocenters. The Labute approximate surface area is 170 Å². The number of piperidine rings is 1. The summed E-state index contributed by atoms with van der Waals surface area (Å²) in [7, 11) is 0. The van der Waals surface area contributed by atoms with E-state index in [0.717, 1.165) is 18.5 Å². The highest BCUT2D eigenvalue weighted by atomic mass is 35.5. The van der Waals surface area contributed by atoms with Gasteiger partial charge in [-0.25, -0.2) is 0 Å². The maximum Gasteiger partial charge on any atom is 0.266 e. The second-order valence-corrected chi connectivity index (χ2v) is 7.95. The van der Waals surface area contributed by atoms with Gasteiger partial charge in [0.2, 0.25) is 5.91 Å². The number of rotatable bonds is 5. The van der Waals surface area contributed by atoms with Crippen LogP contribution in [0.3, 0.4) is 0 Å². The molecule has 3 rings (SSSR count). The van der Waals surface area contributed by atoms with Crippen LogP contribution in [0, 0.1) is 5.92 Å². The van der Waals surface area contributed by atoms with Crippen molar-refractivity contribution in [2.75, 3.05) is 18.4 Å². The van der Waals surface area contributed by atoms with Gasteiger partial charge < -0.3 is 15.0 Å². The lowest BCUT2D eigenvalue weighted by molar-refractivity contribution is -0.148. The Hall–Kier alpha value is -2.53. The van der Waals surface area contributed by atoms with Gasteiger partial charge in [-0.2, -0.15) is 0 Å². The highest BCUT2D eigenvalue weighted by Gasteiger charge is 2.37. The van der Waals surface area contributed by atoms with Gasteiger partial charge in [0.05, 0.1) is 5.92 Å². The van der Waals surface area contributed by atoms with Gasteiger partial charge in [-0.15, -0.1) is 0 Å². The summed E-state index contributed by atoms with van der Waals surface area (Å²) in [5.41, 5.74) is -0.270. The topological polar surface area (TPSA) is 58.6 Å². The summed E-state index contributed by atoms with van der Waals surface area (Å²) in [6, 6.07) is 16.3. The van der Waals surface area contributed by atoms with Crippen molar-refractivity contribution >= 4 is 29.1 Å². The van der Waals surface area contributed by atoms with Gasteiger partial charge in [0.15, 0.2) is 5.60 Å². The van der Waals surface area contributed by atoms with Crippen LogP contribution in [0.5, 0.6) is 5.75 Å². The number of halogens is 1. The number of para-hydroxylation sites is 1. The van der Waals surface area contributed by atoms with Crippen molar-refractivity contribution in [2.24, 2.45) is 5.92 Å². The number of nitrogens with zero attached hydrogens (tertiary/aromatic N) is 1. The molecule has 0 spiro atoms. The zero-order chi connectivity index (χ0) is 20.1. The van der Waals surface area contributed by atoms with E-state index >= 15 is 0 Å². The van der Waals surface area contributed by atoms with Gasteiger partial charge in [0.1, 0.15) is 5.75 Å². The van der Waals surface area contributed by atoms with E-state index in [-0.39, 0.29) is 17.7 Å². The highest BCUT2D eigenvalue weighted by molar-refractivity contribution is 6.30. The molecule has 1 heterocycles. The van der Waals surface area contributed by atoms with Crippen LogP contribution in [-0.2, 0) is 9.59 Å². The number of benzene rings is 2. The summed E-state index contributed by atoms with van der Waals surface area (Å²) in [6.07, 6.45) is 1.55. The van der Waals surface area contributed by atoms with Crippen molar-refractivity contribution in [3.8, 4) is 5.75 Å². The predicted molar refractivity (Wildman–Crippen MR) is 111 cm³/mol. The zero-order valence-corrected chi connectivity index (χ0v) is 16.9. The number of likely N-dealkylation sites (tertiary alicyclic amines) is 1. The van der Waals surface area contributed by atoms with Crippen LogP contribution in [0.15, 0.2) is 54.6 Å². The minimum atomic E-state index is -1.04. The average Bonchev–Trinajstić information content (AvgIpc) is 2.70. The predicted octanol–water partition coefficient (Wildman–Crippen LogP) is 4.37. The number of ether oxygens (including phenoxy) is 1. The second kappa shape index (κ2) is 8.65. The van der Waals surface area contributed by atoms with Gasteiger partial charge in [0, 0.05) is 23.8 Å². The molecule has 2 aromatic rings. The molecule has 1 aliphatic rings. The van der Waals surface area contributed by atoms with E-state index in [4.69, 9.17) is 16.3 Å². The fourth-order valence-electron chi connectivity index (χ4n) is 3.36. The maximum atomic E-state index is 13.1. The van der Waals surface area contributed by atoms with Crippen LogP contribution in [0.25, 0.3) is 0 Å². The molecule has 1 fully saturated rings. The summed E-state index contributed by atoms with van der Waals surface area (Å²) >= 11 is 5.90. The van der Waals surface area contributed by atoms with E-state index in [1.165, 1.54) is 0 Å². The molecule has 1 aliphatic heterocycles. The third-order valence-corrected chi connectivity index (χ3v) is 5.07. The first-order chi connectivity index (χ1) is 13.3. The number of hydrogen-bond acceptors (Lipinski definition) is 3. The van der Waals surface area contributed by atoms with Crippen LogP contribution in [0.2, 0.25) is 5.02 Å². The van der Waals surface area contributed by atoms with E-state index in [1.54, 1.807) is 43.0 Å². The molecule has 0 radical (unpaired) electrons. The van der Waals surface area contributed by atoms with Crippen molar-refractivity contribution in [1.29, 1.82) is 0 Å². The third kappa shape index (κ3) is 5.04. The highest BCUT2D eigenvalue weighted by Crippen LogP contribution is 2.25. The molecule has 148 valence electrons. The molecule has 1 saturated heterocycles. The molecule has 0 unspecified atom stereocenters. The van der Waals surface area contributed by atoms with E-state index in [2.05, 4.69) is 5.32 Å². The molecule has 2 aromatic carbocycles. The molecule has 6 heteroatoms. The second-order valence-electron chi connectivity index (χ2n) is 7.51.